The first-order valence-electron chi connectivity index (χ1n) is 5.75. The van der Waals surface area contributed by atoms with Crippen molar-refractivity contribution in [1.82, 2.24) is 4.98 Å². The van der Waals surface area contributed by atoms with Crippen molar-refractivity contribution >= 4 is 23.1 Å². The minimum atomic E-state index is -0.630. The van der Waals surface area contributed by atoms with E-state index < -0.39 is 10.8 Å². The summed E-state index contributed by atoms with van der Waals surface area (Å²) >= 11 is 0. The molecule has 0 bridgehead atoms. The van der Waals surface area contributed by atoms with E-state index in [1.165, 1.54) is 0 Å². The highest BCUT2D eigenvalue weighted by Crippen LogP contribution is 2.18. The fraction of sp³-hybridized carbons (Fsp3) is 0.0769. The number of anilines is 2. The average molecular weight is 272 g/mol. The van der Waals surface area contributed by atoms with Crippen molar-refractivity contribution in [3.63, 3.8) is 0 Å². The molecule has 7 heteroatoms. The molecule has 1 heterocycles. The van der Waals surface area contributed by atoms with Crippen LogP contribution in [-0.4, -0.2) is 15.8 Å². The smallest absolute Gasteiger partial charge is 0.288 e. The lowest BCUT2D eigenvalue weighted by Gasteiger charge is -2.07. The number of hydrogen-bond acceptors (Lipinski definition) is 5. The molecule has 0 spiro atoms. The lowest BCUT2D eigenvalue weighted by atomic mass is 10.2. The van der Waals surface area contributed by atoms with Crippen LogP contribution in [0.25, 0.3) is 0 Å². The number of pyridine rings is 1. The number of nitro groups is 1. The maximum Gasteiger partial charge on any atom is 0.288 e. The second-order valence-electron chi connectivity index (χ2n) is 4.20. The van der Waals surface area contributed by atoms with Gasteiger partial charge in [-0.25, -0.2) is 4.98 Å². The molecule has 0 unspecified atom stereocenters. The summed E-state index contributed by atoms with van der Waals surface area (Å²) < 4.78 is 0. The van der Waals surface area contributed by atoms with Gasteiger partial charge in [-0.05, 0) is 19.1 Å². The molecule has 1 aromatic heterocycles. The van der Waals surface area contributed by atoms with E-state index in [-0.39, 0.29) is 17.1 Å². The number of nitrogens with zero attached hydrogens (tertiary/aromatic N) is 2. The number of hydrogen-bond donors (Lipinski definition) is 2. The fourth-order valence-electron chi connectivity index (χ4n) is 1.58. The number of aryl methyl sites for hydroxylation is 1. The van der Waals surface area contributed by atoms with E-state index in [9.17, 15) is 14.9 Å². The van der Waals surface area contributed by atoms with Gasteiger partial charge in [0.05, 0.1) is 10.5 Å². The minimum absolute atomic E-state index is 0.0280. The first-order chi connectivity index (χ1) is 9.47. The van der Waals surface area contributed by atoms with Gasteiger partial charge in [-0.2, -0.15) is 0 Å². The maximum atomic E-state index is 12.0. The molecule has 0 saturated carbocycles. The molecule has 0 aliphatic heterocycles. The molecule has 0 saturated heterocycles. The molecule has 0 aliphatic carbocycles. The number of benzene rings is 1. The van der Waals surface area contributed by atoms with E-state index in [4.69, 9.17) is 5.73 Å². The maximum absolute atomic E-state index is 12.0. The van der Waals surface area contributed by atoms with Crippen LogP contribution in [0.3, 0.4) is 0 Å². The summed E-state index contributed by atoms with van der Waals surface area (Å²) in [5.41, 5.74) is 6.89. The molecule has 1 aromatic carbocycles. The molecule has 3 N–H and O–H groups in total. The van der Waals surface area contributed by atoms with Gasteiger partial charge < -0.3 is 11.1 Å². The molecule has 1 amide bonds. The average Bonchev–Trinajstić information content (AvgIpc) is 2.41. The number of carbonyl (C=O) groups excluding carboxylic acids is 1. The standard InChI is InChI=1S/C13H12N4O3/c1-8-2-4-9(5-3-8)16-13(18)11-6-10(17(19)20)7-15-12(11)14/h2-7H,1H3,(H2,14,15)(H,16,18). The van der Waals surface area contributed by atoms with Crippen LogP contribution in [0.2, 0.25) is 0 Å². The SMILES string of the molecule is Cc1ccc(NC(=O)c2cc([N+](=O)[O-])cnc2N)cc1. The highest BCUT2D eigenvalue weighted by atomic mass is 16.6. The van der Waals surface area contributed by atoms with Crippen LogP contribution in [0, 0.1) is 17.0 Å². The van der Waals surface area contributed by atoms with Crippen molar-refractivity contribution in [3.05, 3.63) is 57.8 Å². The second kappa shape index (κ2) is 5.35. The van der Waals surface area contributed by atoms with Gasteiger partial charge in [0.1, 0.15) is 12.0 Å². The summed E-state index contributed by atoms with van der Waals surface area (Å²) in [7, 11) is 0. The van der Waals surface area contributed by atoms with Crippen LogP contribution in [-0.2, 0) is 0 Å². The summed E-state index contributed by atoms with van der Waals surface area (Å²) in [5, 5.41) is 13.3. The van der Waals surface area contributed by atoms with Gasteiger partial charge in [0.2, 0.25) is 0 Å². The van der Waals surface area contributed by atoms with Gasteiger partial charge in [0.15, 0.2) is 0 Å². The van der Waals surface area contributed by atoms with Gasteiger partial charge in [0, 0.05) is 11.8 Å². The third kappa shape index (κ3) is 2.89. The molecule has 20 heavy (non-hydrogen) atoms. The molecule has 7 nitrogen and oxygen atoms in total. The molecule has 0 fully saturated rings. The molecule has 0 radical (unpaired) electrons. The highest BCUT2D eigenvalue weighted by Gasteiger charge is 2.16. The van der Waals surface area contributed by atoms with Crippen LogP contribution in [0.4, 0.5) is 17.2 Å². The third-order valence-corrected chi connectivity index (χ3v) is 2.67. The third-order valence-electron chi connectivity index (χ3n) is 2.67. The van der Waals surface area contributed by atoms with Gasteiger partial charge in [-0.15, -0.1) is 0 Å². The van der Waals surface area contributed by atoms with Crippen LogP contribution in [0.15, 0.2) is 36.5 Å². The van der Waals surface area contributed by atoms with Crippen molar-refractivity contribution in [2.45, 2.75) is 6.92 Å². The van der Waals surface area contributed by atoms with Crippen molar-refractivity contribution in [2.24, 2.45) is 0 Å². The van der Waals surface area contributed by atoms with Crippen molar-refractivity contribution in [3.8, 4) is 0 Å². The quantitative estimate of drug-likeness (QED) is 0.656. The molecule has 0 aliphatic rings. The van der Waals surface area contributed by atoms with Gasteiger partial charge in [-0.1, -0.05) is 17.7 Å². The number of carbonyl (C=O) groups is 1. The molecule has 0 atom stereocenters. The number of nitrogens with one attached hydrogen (secondary N) is 1. The summed E-state index contributed by atoms with van der Waals surface area (Å²) in [6.07, 6.45) is 1.01. The van der Waals surface area contributed by atoms with Gasteiger partial charge in [-0.3, -0.25) is 14.9 Å². The van der Waals surface area contributed by atoms with E-state index in [2.05, 4.69) is 10.3 Å². The Kier molecular flexibility index (Phi) is 3.60. The molecule has 102 valence electrons. The van der Waals surface area contributed by atoms with E-state index in [1.54, 1.807) is 12.1 Å². The Hall–Kier alpha value is -2.96. The van der Waals surface area contributed by atoms with E-state index in [0.29, 0.717) is 5.69 Å². The van der Waals surface area contributed by atoms with Crippen molar-refractivity contribution in [2.75, 3.05) is 11.1 Å². The Morgan fingerprint density at radius 1 is 1.35 bits per heavy atom. The van der Waals surface area contributed by atoms with E-state index in [0.717, 1.165) is 17.8 Å². The summed E-state index contributed by atoms with van der Waals surface area (Å²) in [5.74, 6) is -0.595. The lowest BCUT2D eigenvalue weighted by Crippen LogP contribution is -2.15. The van der Waals surface area contributed by atoms with E-state index >= 15 is 0 Å². The number of amides is 1. The monoisotopic (exact) mass is 272 g/mol. The summed E-state index contributed by atoms with van der Waals surface area (Å²) in [4.78, 5) is 25.7. The number of nitrogen functional groups attached to an aromatic ring is 1. The zero-order valence-electron chi connectivity index (χ0n) is 10.7. The largest absolute Gasteiger partial charge is 0.383 e. The predicted octanol–water partition coefficient (Wildman–Crippen LogP) is 2.13. The normalized spacial score (nSPS) is 10.1. The lowest BCUT2D eigenvalue weighted by molar-refractivity contribution is -0.385. The molecule has 2 rings (SSSR count). The number of aromatic nitrogens is 1. The highest BCUT2D eigenvalue weighted by molar-refractivity contribution is 6.07. The Morgan fingerprint density at radius 3 is 2.60 bits per heavy atom. The summed E-state index contributed by atoms with van der Waals surface area (Å²) in [6.45, 7) is 1.92. The molecule has 2 aromatic rings. The minimum Gasteiger partial charge on any atom is -0.383 e. The Morgan fingerprint density at radius 2 is 2.00 bits per heavy atom. The zero-order chi connectivity index (χ0) is 14.7. The number of nitrogens with two attached hydrogens (primary N) is 1. The van der Waals surface area contributed by atoms with Crippen LogP contribution < -0.4 is 11.1 Å². The molecular formula is C13H12N4O3. The number of rotatable bonds is 3. The van der Waals surface area contributed by atoms with Crippen LogP contribution in [0.5, 0.6) is 0 Å². The van der Waals surface area contributed by atoms with Gasteiger partial charge in [0.25, 0.3) is 11.6 Å². The predicted molar refractivity (Wildman–Crippen MR) is 74.4 cm³/mol. The van der Waals surface area contributed by atoms with Gasteiger partial charge >= 0.3 is 0 Å². The van der Waals surface area contributed by atoms with Crippen LogP contribution >= 0.6 is 0 Å². The first-order valence-corrected chi connectivity index (χ1v) is 5.75. The first kappa shape index (κ1) is 13.5. The van der Waals surface area contributed by atoms with E-state index in [1.807, 2.05) is 19.1 Å². The Labute approximate surface area is 114 Å². The zero-order valence-corrected chi connectivity index (χ0v) is 10.7. The fourth-order valence-corrected chi connectivity index (χ4v) is 1.58. The van der Waals surface area contributed by atoms with Crippen molar-refractivity contribution < 1.29 is 9.72 Å². The van der Waals surface area contributed by atoms with Crippen LogP contribution in [0.1, 0.15) is 15.9 Å². The molecular weight excluding hydrogens is 260 g/mol. The second-order valence-corrected chi connectivity index (χ2v) is 4.20. The van der Waals surface area contributed by atoms with Crippen molar-refractivity contribution in [1.29, 1.82) is 0 Å². The summed E-state index contributed by atoms with van der Waals surface area (Å²) in [6, 6.07) is 8.24. The Balaban J connectivity index is 2.26. The Bertz CT molecular complexity index is 668. The topological polar surface area (TPSA) is 111 Å².